The van der Waals surface area contributed by atoms with Gasteiger partial charge in [0.2, 0.25) is 10.0 Å². The van der Waals surface area contributed by atoms with Gasteiger partial charge in [0.05, 0.1) is 21.0 Å². The van der Waals surface area contributed by atoms with Gasteiger partial charge >= 0.3 is 5.97 Å². The van der Waals surface area contributed by atoms with Crippen LogP contribution in [0.4, 0.5) is 5.69 Å². The first-order chi connectivity index (χ1) is 12.8. The van der Waals surface area contributed by atoms with E-state index < -0.39 is 26.0 Å². The van der Waals surface area contributed by atoms with Crippen LogP contribution in [0.15, 0.2) is 40.1 Å². The van der Waals surface area contributed by atoms with Gasteiger partial charge in [-0.05, 0) is 61.7 Å². The Morgan fingerprint density at radius 1 is 0.964 bits per heavy atom. The summed E-state index contributed by atoms with van der Waals surface area (Å²) in [7, 11) is -5.14. The average Bonchev–Trinajstić information content (AvgIpc) is 2.58. The van der Waals surface area contributed by atoms with Crippen molar-refractivity contribution in [3.05, 3.63) is 52.6 Å². The largest absolute Gasteiger partial charge is 0.478 e. The molecule has 2 aromatic carbocycles. The molecule has 0 atom stereocenters. The van der Waals surface area contributed by atoms with E-state index >= 15 is 0 Å². The SMILES string of the molecule is Cc1ccc(S(=O)(=O)N(C)C)cc1NS(=O)(=O)c1cc(C(=O)O)cc(C)c1C. The second-order valence-corrected chi connectivity index (χ2v) is 10.4. The van der Waals surface area contributed by atoms with Crippen LogP contribution in [0.2, 0.25) is 0 Å². The minimum absolute atomic E-state index is 0.0620. The molecule has 28 heavy (non-hydrogen) atoms. The zero-order valence-corrected chi connectivity index (χ0v) is 17.8. The van der Waals surface area contributed by atoms with Gasteiger partial charge in [0.15, 0.2) is 0 Å². The highest BCUT2D eigenvalue weighted by Crippen LogP contribution is 2.27. The molecule has 0 aliphatic rings. The van der Waals surface area contributed by atoms with Crippen LogP contribution in [-0.4, -0.2) is 46.3 Å². The third kappa shape index (κ3) is 4.18. The molecular weight excluding hydrogens is 404 g/mol. The maximum Gasteiger partial charge on any atom is 0.335 e. The summed E-state index contributed by atoms with van der Waals surface area (Å²) in [4.78, 5) is 11.1. The smallest absolute Gasteiger partial charge is 0.335 e. The first kappa shape index (κ1) is 21.9. The quantitative estimate of drug-likeness (QED) is 0.731. The van der Waals surface area contributed by atoms with Crippen molar-refractivity contribution in [2.24, 2.45) is 0 Å². The van der Waals surface area contributed by atoms with Crippen molar-refractivity contribution >= 4 is 31.7 Å². The molecule has 0 aliphatic heterocycles. The van der Waals surface area contributed by atoms with Crippen molar-refractivity contribution in [1.82, 2.24) is 4.31 Å². The second-order valence-electron chi connectivity index (χ2n) is 6.59. The zero-order valence-electron chi connectivity index (χ0n) is 16.1. The maximum absolute atomic E-state index is 12.9. The Hall–Kier alpha value is -2.43. The number of hydrogen-bond acceptors (Lipinski definition) is 5. The van der Waals surface area contributed by atoms with Gasteiger partial charge in [0.1, 0.15) is 0 Å². The molecule has 152 valence electrons. The molecule has 10 heteroatoms. The van der Waals surface area contributed by atoms with Crippen molar-refractivity contribution in [3.63, 3.8) is 0 Å². The van der Waals surface area contributed by atoms with E-state index in [0.717, 1.165) is 10.4 Å². The molecule has 0 spiro atoms. The molecule has 0 fully saturated rings. The maximum atomic E-state index is 12.9. The number of nitrogens with zero attached hydrogens (tertiary/aromatic N) is 1. The summed E-state index contributed by atoms with van der Waals surface area (Å²) in [6.45, 7) is 4.83. The molecule has 0 heterocycles. The first-order valence-electron chi connectivity index (χ1n) is 8.18. The monoisotopic (exact) mass is 426 g/mol. The number of aryl methyl sites for hydroxylation is 2. The van der Waals surface area contributed by atoms with Gasteiger partial charge in [-0.25, -0.2) is 25.9 Å². The van der Waals surface area contributed by atoms with E-state index in [2.05, 4.69) is 4.72 Å². The number of benzene rings is 2. The zero-order chi connectivity index (χ0) is 21.4. The number of carbonyl (C=O) groups is 1. The summed E-state index contributed by atoms with van der Waals surface area (Å²) in [6.07, 6.45) is 0. The fourth-order valence-corrected chi connectivity index (χ4v) is 4.91. The lowest BCUT2D eigenvalue weighted by Crippen LogP contribution is -2.22. The molecule has 0 radical (unpaired) electrons. The predicted molar refractivity (Wildman–Crippen MR) is 106 cm³/mol. The molecule has 0 aliphatic carbocycles. The van der Waals surface area contributed by atoms with Crippen LogP contribution < -0.4 is 4.72 Å². The Balaban J connectivity index is 2.59. The van der Waals surface area contributed by atoms with E-state index in [0.29, 0.717) is 16.7 Å². The van der Waals surface area contributed by atoms with Crippen molar-refractivity contribution < 1.29 is 26.7 Å². The topological polar surface area (TPSA) is 121 Å². The third-order valence-electron chi connectivity index (χ3n) is 4.39. The Kier molecular flexibility index (Phi) is 5.88. The first-order valence-corrected chi connectivity index (χ1v) is 11.1. The van der Waals surface area contributed by atoms with Gasteiger partial charge in [-0.15, -0.1) is 0 Å². The van der Waals surface area contributed by atoms with Crippen LogP contribution in [0.25, 0.3) is 0 Å². The van der Waals surface area contributed by atoms with E-state index in [-0.39, 0.29) is 21.0 Å². The highest BCUT2D eigenvalue weighted by atomic mass is 32.2. The second kappa shape index (κ2) is 7.53. The number of rotatable bonds is 6. The van der Waals surface area contributed by atoms with Crippen molar-refractivity contribution in [2.45, 2.75) is 30.6 Å². The van der Waals surface area contributed by atoms with Crippen molar-refractivity contribution in [3.8, 4) is 0 Å². The van der Waals surface area contributed by atoms with Crippen LogP contribution in [-0.2, 0) is 20.0 Å². The molecule has 0 saturated heterocycles. The summed E-state index contributed by atoms with van der Waals surface area (Å²) < 4.78 is 53.9. The standard InChI is InChI=1S/C18H22N2O6S2/c1-11-6-7-15(28(25,26)20(4)5)10-16(11)19-27(23,24)17-9-14(18(21)22)8-12(2)13(17)3/h6-10,19H,1-5H3,(H,21,22). The van der Waals surface area contributed by atoms with Gasteiger partial charge in [0.25, 0.3) is 10.0 Å². The molecule has 0 bridgehead atoms. The van der Waals surface area contributed by atoms with Gasteiger partial charge < -0.3 is 5.11 Å². The van der Waals surface area contributed by atoms with Gasteiger partial charge in [0, 0.05) is 14.1 Å². The van der Waals surface area contributed by atoms with E-state index in [1.165, 1.54) is 38.4 Å². The Bertz CT molecular complexity index is 1150. The molecule has 2 aromatic rings. The molecule has 2 N–H and O–H groups in total. The molecule has 0 saturated carbocycles. The highest BCUT2D eigenvalue weighted by molar-refractivity contribution is 7.92. The van der Waals surface area contributed by atoms with Crippen LogP contribution in [0, 0.1) is 20.8 Å². The van der Waals surface area contributed by atoms with E-state index in [9.17, 15) is 26.7 Å². The lowest BCUT2D eigenvalue weighted by molar-refractivity contribution is 0.0696. The molecule has 0 unspecified atom stereocenters. The summed E-state index contributed by atoms with van der Waals surface area (Å²) >= 11 is 0. The number of nitrogens with one attached hydrogen (secondary N) is 1. The Morgan fingerprint density at radius 3 is 2.11 bits per heavy atom. The van der Waals surface area contributed by atoms with E-state index in [1.807, 2.05) is 0 Å². The number of carboxylic acids is 1. The molecular formula is C18H22N2O6S2. The fourth-order valence-electron chi connectivity index (χ4n) is 2.51. The average molecular weight is 427 g/mol. The minimum atomic E-state index is -4.15. The molecule has 0 aromatic heterocycles. The summed E-state index contributed by atoms with van der Waals surface area (Å²) in [5.41, 5.74) is 1.39. The van der Waals surface area contributed by atoms with Crippen molar-refractivity contribution in [2.75, 3.05) is 18.8 Å². The number of sulfonamides is 2. The number of anilines is 1. The van der Waals surface area contributed by atoms with E-state index in [4.69, 9.17) is 0 Å². The number of hydrogen-bond donors (Lipinski definition) is 2. The lowest BCUT2D eigenvalue weighted by Gasteiger charge is -2.16. The Labute approximate surface area is 164 Å². The van der Waals surface area contributed by atoms with Crippen LogP contribution in [0.3, 0.4) is 0 Å². The molecule has 2 rings (SSSR count). The lowest BCUT2D eigenvalue weighted by atomic mass is 10.1. The van der Waals surface area contributed by atoms with Crippen LogP contribution >= 0.6 is 0 Å². The Morgan fingerprint density at radius 2 is 1.57 bits per heavy atom. The third-order valence-corrected chi connectivity index (χ3v) is 7.69. The number of carboxylic acid groups (broad SMARTS) is 1. The fraction of sp³-hybridized carbons (Fsp3) is 0.278. The van der Waals surface area contributed by atoms with E-state index in [1.54, 1.807) is 20.8 Å². The molecule has 0 amide bonds. The summed E-state index contributed by atoms with van der Waals surface area (Å²) in [5.74, 6) is -1.24. The van der Waals surface area contributed by atoms with Crippen LogP contribution in [0.1, 0.15) is 27.0 Å². The summed E-state index contributed by atoms with van der Waals surface area (Å²) in [5, 5.41) is 9.22. The minimum Gasteiger partial charge on any atom is -0.478 e. The van der Waals surface area contributed by atoms with Gasteiger partial charge in [-0.2, -0.15) is 0 Å². The number of aromatic carboxylic acids is 1. The normalized spacial score (nSPS) is 12.2. The van der Waals surface area contributed by atoms with Gasteiger partial charge in [-0.3, -0.25) is 4.72 Å². The molecule has 8 nitrogen and oxygen atoms in total. The van der Waals surface area contributed by atoms with Crippen LogP contribution in [0.5, 0.6) is 0 Å². The van der Waals surface area contributed by atoms with Gasteiger partial charge in [-0.1, -0.05) is 6.07 Å². The predicted octanol–water partition coefficient (Wildman–Crippen LogP) is 2.36. The highest BCUT2D eigenvalue weighted by Gasteiger charge is 2.23. The van der Waals surface area contributed by atoms with Crippen molar-refractivity contribution in [1.29, 1.82) is 0 Å². The summed E-state index contributed by atoms with van der Waals surface area (Å²) in [6, 6.07) is 6.61.